The summed E-state index contributed by atoms with van der Waals surface area (Å²) < 4.78 is 64.7. The van der Waals surface area contributed by atoms with Gasteiger partial charge in [0.05, 0.1) is 21.8 Å². The van der Waals surface area contributed by atoms with Gasteiger partial charge in [-0.2, -0.15) is 13.2 Å². The summed E-state index contributed by atoms with van der Waals surface area (Å²) in [5, 5.41) is 10.8. The van der Waals surface area contributed by atoms with Crippen LogP contribution in [0.3, 0.4) is 0 Å². The van der Waals surface area contributed by atoms with Crippen molar-refractivity contribution in [3.63, 3.8) is 0 Å². The Kier molecular flexibility index (Phi) is 5.63. The van der Waals surface area contributed by atoms with E-state index >= 15 is 0 Å². The maximum absolute atomic E-state index is 12.7. The molecule has 0 radical (unpaired) electrons. The van der Waals surface area contributed by atoms with E-state index in [1.165, 1.54) is 12.4 Å². The lowest BCUT2D eigenvalue weighted by Gasteiger charge is -2.25. The van der Waals surface area contributed by atoms with Crippen molar-refractivity contribution in [1.29, 1.82) is 0 Å². The van der Waals surface area contributed by atoms with Crippen molar-refractivity contribution in [2.45, 2.75) is 23.6 Å². The minimum absolute atomic E-state index is 0.0628. The van der Waals surface area contributed by atoms with Crippen LogP contribution in [-0.2, 0) is 14.8 Å². The third-order valence-electron chi connectivity index (χ3n) is 3.30. The maximum atomic E-state index is 12.7. The van der Waals surface area contributed by atoms with Crippen LogP contribution in [0.1, 0.15) is 6.92 Å². The van der Waals surface area contributed by atoms with Crippen LogP contribution in [0.2, 0.25) is 5.02 Å². The normalized spacial score (nSPS) is 14.3. The zero-order valence-corrected chi connectivity index (χ0v) is 15.0. The molecule has 2 rings (SSSR count). The summed E-state index contributed by atoms with van der Waals surface area (Å²) >= 11 is 5.85. The Bertz CT molecular complexity index is 953. The molecular weight excluding hydrogens is 413 g/mol. The summed E-state index contributed by atoms with van der Waals surface area (Å²) in [6, 6.07) is 2.90. The molecular formula is C14H12ClF3N4O4S. The number of nitrogens with one attached hydrogen (secondary N) is 2. The van der Waals surface area contributed by atoms with Crippen LogP contribution in [-0.4, -0.2) is 41.2 Å². The van der Waals surface area contributed by atoms with Gasteiger partial charge in [0.25, 0.3) is 15.9 Å². The number of hydrogen-bond donors (Lipinski definition) is 3. The molecule has 1 heterocycles. The lowest BCUT2D eigenvalue weighted by molar-refractivity contribution is -0.242. The van der Waals surface area contributed by atoms with Crippen LogP contribution in [0.15, 0.2) is 41.7 Å². The molecule has 0 aliphatic heterocycles. The largest absolute Gasteiger partial charge is 0.426 e. The van der Waals surface area contributed by atoms with Crippen LogP contribution < -0.4 is 10.0 Å². The number of aromatic nitrogens is 2. The molecule has 1 amide bonds. The first-order valence-corrected chi connectivity index (χ1v) is 8.89. The number of amides is 1. The fourth-order valence-electron chi connectivity index (χ4n) is 1.69. The highest BCUT2D eigenvalue weighted by Gasteiger charge is 2.55. The smallest absolute Gasteiger partial charge is 0.373 e. The summed E-state index contributed by atoms with van der Waals surface area (Å²) in [5.41, 5.74) is -3.97. The quantitative estimate of drug-likeness (QED) is 0.676. The molecule has 0 spiro atoms. The van der Waals surface area contributed by atoms with Gasteiger partial charge in [-0.1, -0.05) is 11.6 Å². The fraction of sp³-hybridized carbons (Fsp3) is 0.214. The topological polar surface area (TPSA) is 121 Å². The van der Waals surface area contributed by atoms with Crippen LogP contribution >= 0.6 is 11.6 Å². The van der Waals surface area contributed by atoms with Gasteiger partial charge < -0.3 is 10.4 Å². The Morgan fingerprint density at radius 1 is 1.26 bits per heavy atom. The van der Waals surface area contributed by atoms with Gasteiger partial charge in [0.15, 0.2) is 5.82 Å². The highest BCUT2D eigenvalue weighted by atomic mass is 35.5. The average Bonchev–Trinajstić information content (AvgIpc) is 2.56. The van der Waals surface area contributed by atoms with Crippen molar-refractivity contribution in [3.8, 4) is 0 Å². The fourth-order valence-corrected chi connectivity index (χ4v) is 3.00. The van der Waals surface area contributed by atoms with Gasteiger partial charge in [-0.05, 0) is 25.1 Å². The van der Waals surface area contributed by atoms with Crippen LogP contribution in [0.4, 0.5) is 24.7 Å². The average molecular weight is 425 g/mol. The molecule has 0 saturated heterocycles. The maximum Gasteiger partial charge on any atom is 0.426 e. The molecule has 1 atom stereocenters. The van der Waals surface area contributed by atoms with Gasteiger partial charge in [-0.15, -0.1) is 0 Å². The Morgan fingerprint density at radius 2 is 1.93 bits per heavy atom. The van der Waals surface area contributed by atoms with Crippen molar-refractivity contribution in [2.24, 2.45) is 0 Å². The number of anilines is 2. The van der Waals surface area contributed by atoms with Gasteiger partial charge in [0.2, 0.25) is 5.60 Å². The van der Waals surface area contributed by atoms with Crippen molar-refractivity contribution in [1.82, 2.24) is 9.97 Å². The lowest BCUT2D eigenvalue weighted by atomic mass is 10.1. The summed E-state index contributed by atoms with van der Waals surface area (Å²) in [7, 11) is -4.11. The van der Waals surface area contributed by atoms with E-state index in [1.54, 1.807) is 5.32 Å². The molecule has 0 bridgehead atoms. The third kappa shape index (κ3) is 4.64. The van der Waals surface area contributed by atoms with E-state index in [0.717, 1.165) is 24.4 Å². The van der Waals surface area contributed by atoms with Crippen LogP contribution in [0.25, 0.3) is 0 Å². The first-order valence-electron chi connectivity index (χ1n) is 7.03. The number of rotatable bonds is 5. The molecule has 0 aliphatic carbocycles. The van der Waals surface area contributed by atoms with E-state index < -0.39 is 27.7 Å². The number of carbonyl (C=O) groups excluding carboxylic acids is 1. The van der Waals surface area contributed by atoms with E-state index in [-0.39, 0.29) is 28.3 Å². The number of aliphatic hydroxyl groups is 1. The van der Waals surface area contributed by atoms with Crippen molar-refractivity contribution < 1.29 is 31.5 Å². The number of halogens is 4. The molecule has 3 N–H and O–H groups in total. The Balaban J connectivity index is 2.24. The molecule has 1 aromatic heterocycles. The number of benzene rings is 1. The molecule has 27 heavy (non-hydrogen) atoms. The Labute approximate surface area is 156 Å². The van der Waals surface area contributed by atoms with E-state index in [4.69, 9.17) is 11.6 Å². The summed E-state index contributed by atoms with van der Waals surface area (Å²) in [5.74, 6) is -1.84. The second-order valence-electron chi connectivity index (χ2n) is 5.36. The van der Waals surface area contributed by atoms with E-state index in [9.17, 15) is 31.5 Å². The molecule has 146 valence electrons. The van der Waals surface area contributed by atoms with Crippen molar-refractivity contribution in [2.75, 3.05) is 10.0 Å². The zero-order valence-electron chi connectivity index (χ0n) is 13.5. The van der Waals surface area contributed by atoms with Gasteiger partial charge in [0.1, 0.15) is 0 Å². The lowest BCUT2D eigenvalue weighted by Crippen LogP contribution is -2.52. The molecule has 1 unspecified atom stereocenters. The molecule has 0 saturated carbocycles. The standard InChI is InChI=1S/C14H12ClF3N4O4S/c1-13(24,14(16,17)18)12(23)21-10-3-2-8(6-9(10)15)27(25,26)22-11-7-19-4-5-20-11/h2-7,24H,1H3,(H,20,22)(H,21,23). The molecule has 2 aromatic rings. The first-order chi connectivity index (χ1) is 12.3. The molecule has 8 nitrogen and oxygen atoms in total. The monoisotopic (exact) mass is 424 g/mol. The minimum Gasteiger partial charge on any atom is -0.373 e. The molecule has 13 heteroatoms. The van der Waals surface area contributed by atoms with Gasteiger partial charge in [0, 0.05) is 12.4 Å². The first kappa shape index (κ1) is 20.9. The van der Waals surface area contributed by atoms with E-state index in [1.807, 2.05) is 0 Å². The van der Waals surface area contributed by atoms with Crippen LogP contribution in [0.5, 0.6) is 0 Å². The summed E-state index contributed by atoms with van der Waals surface area (Å²) in [6.07, 6.45) is -1.46. The third-order valence-corrected chi connectivity index (χ3v) is 4.96. The van der Waals surface area contributed by atoms with Crippen molar-refractivity contribution >= 4 is 39.0 Å². The number of hydrogen-bond acceptors (Lipinski definition) is 6. The number of nitrogens with zero attached hydrogens (tertiary/aromatic N) is 2. The van der Waals surface area contributed by atoms with Crippen LogP contribution in [0, 0.1) is 0 Å². The predicted molar refractivity (Wildman–Crippen MR) is 89.6 cm³/mol. The minimum atomic E-state index is -5.21. The number of carbonyl (C=O) groups is 1. The number of sulfonamides is 1. The highest BCUT2D eigenvalue weighted by molar-refractivity contribution is 7.92. The SMILES string of the molecule is CC(O)(C(=O)Nc1ccc(S(=O)(=O)Nc2cnccn2)cc1Cl)C(F)(F)F. The molecule has 1 aromatic carbocycles. The van der Waals surface area contributed by atoms with Crippen molar-refractivity contribution in [3.05, 3.63) is 41.8 Å². The molecule has 0 fully saturated rings. The number of alkyl halides is 3. The summed E-state index contributed by atoms with van der Waals surface area (Å²) in [4.78, 5) is 18.8. The second-order valence-corrected chi connectivity index (χ2v) is 7.45. The highest BCUT2D eigenvalue weighted by Crippen LogP contribution is 2.32. The van der Waals surface area contributed by atoms with E-state index in [0.29, 0.717) is 0 Å². The zero-order chi connectivity index (χ0) is 20.5. The second kappa shape index (κ2) is 7.29. The molecule has 0 aliphatic rings. The summed E-state index contributed by atoms with van der Waals surface area (Å²) in [6.45, 7) is 0.278. The predicted octanol–water partition coefficient (Wildman–Crippen LogP) is 2.18. The van der Waals surface area contributed by atoms with Gasteiger partial charge in [-0.3, -0.25) is 14.5 Å². The van der Waals surface area contributed by atoms with E-state index in [2.05, 4.69) is 14.7 Å². The Hall–Kier alpha value is -2.44. The van der Waals surface area contributed by atoms with Gasteiger partial charge in [-0.25, -0.2) is 13.4 Å². The Morgan fingerprint density at radius 3 is 2.44 bits per heavy atom. The van der Waals surface area contributed by atoms with Gasteiger partial charge >= 0.3 is 6.18 Å².